The number of nitrogens with one attached hydrogen (secondary N) is 1. The Balaban J connectivity index is 1.42. The predicted octanol–water partition coefficient (Wildman–Crippen LogP) is 2.73. The Bertz CT molecular complexity index is 1250. The normalized spacial score (nSPS) is 17.2. The van der Waals surface area contributed by atoms with Gasteiger partial charge in [-0.1, -0.05) is 45.0 Å². The summed E-state index contributed by atoms with van der Waals surface area (Å²) in [5.41, 5.74) is 9.60. The summed E-state index contributed by atoms with van der Waals surface area (Å²) in [5.74, 6) is -1.37. The smallest absolute Gasteiger partial charge is 0.243 e. The molecule has 3 atom stereocenters. The zero-order valence-electron chi connectivity index (χ0n) is 28.2. The lowest BCUT2D eigenvalue weighted by Gasteiger charge is -2.34. The number of amides is 2. The van der Waals surface area contributed by atoms with Crippen molar-refractivity contribution in [3.8, 4) is 10.4 Å². The molecule has 1 aromatic carbocycles. The van der Waals surface area contributed by atoms with Gasteiger partial charge in [-0.2, -0.15) is 0 Å². The van der Waals surface area contributed by atoms with Crippen molar-refractivity contribution >= 4 is 28.9 Å². The van der Waals surface area contributed by atoms with Crippen molar-refractivity contribution in [2.24, 2.45) is 17.1 Å². The van der Waals surface area contributed by atoms with Crippen LogP contribution in [0.25, 0.3) is 10.4 Å². The van der Waals surface area contributed by atoms with E-state index in [-0.39, 0.29) is 50.0 Å². The van der Waals surface area contributed by atoms with E-state index in [0.717, 1.165) is 21.7 Å². The van der Waals surface area contributed by atoms with Crippen LogP contribution in [-0.4, -0.2) is 111 Å². The highest BCUT2D eigenvalue weighted by Crippen LogP contribution is 2.34. The van der Waals surface area contributed by atoms with Crippen LogP contribution in [0.2, 0.25) is 0 Å². The zero-order chi connectivity index (χ0) is 34.2. The fourth-order valence-corrected chi connectivity index (χ4v) is 6.10. The maximum atomic E-state index is 13.8. The second-order valence-corrected chi connectivity index (χ2v) is 13.6. The third-order valence-corrected chi connectivity index (χ3v) is 8.95. The molecule has 4 N–H and O–H groups in total. The zero-order valence-corrected chi connectivity index (χ0v) is 29.0. The van der Waals surface area contributed by atoms with E-state index in [0.29, 0.717) is 59.3 Å². The molecule has 0 saturated carbocycles. The number of thiazole rings is 1. The highest BCUT2D eigenvalue weighted by molar-refractivity contribution is 7.13. The Kier molecular flexibility index (Phi) is 16.4. The summed E-state index contributed by atoms with van der Waals surface area (Å²) in [6.07, 6.45) is -0.469. The van der Waals surface area contributed by atoms with Crippen LogP contribution in [0.4, 0.5) is 0 Å². The number of benzene rings is 1. The number of β-amino-alcohol motifs (C(OH)–C–C–N with tert-alkyl or cyclic N) is 1. The monoisotopic (exact) mass is 676 g/mol. The molecule has 2 heterocycles. The first-order chi connectivity index (χ1) is 22.5. The van der Waals surface area contributed by atoms with Gasteiger partial charge in [-0.25, -0.2) is 4.98 Å². The van der Waals surface area contributed by atoms with Gasteiger partial charge in [0.1, 0.15) is 11.8 Å². The molecule has 13 heteroatoms. The third kappa shape index (κ3) is 13.0. The van der Waals surface area contributed by atoms with Crippen molar-refractivity contribution in [1.82, 2.24) is 15.2 Å². The van der Waals surface area contributed by atoms with E-state index in [4.69, 9.17) is 24.7 Å². The molecule has 1 saturated heterocycles. The topological polar surface area (TPSA) is 163 Å². The summed E-state index contributed by atoms with van der Waals surface area (Å²) >= 11 is 1.58. The van der Waals surface area contributed by atoms with Gasteiger partial charge < -0.3 is 40.0 Å². The fourth-order valence-electron chi connectivity index (χ4n) is 5.29. The van der Waals surface area contributed by atoms with Gasteiger partial charge in [0.2, 0.25) is 11.8 Å². The highest BCUT2D eigenvalue weighted by atomic mass is 32.1. The van der Waals surface area contributed by atoms with E-state index in [1.807, 2.05) is 57.5 Å². The van der Waals surface area contributed by atoms with Gasteiger partial charge in [-0.15, -0.1) is 11.3 Å². The standard InChI is InChI=1S/C34H52N4O8S/c1-24-31(47-23-37-24)26-7-5-25(6-8-26)21-36-32(41)30-20-28(40)22-38(30)33(42)29(34(2,3)4)19-27(39)9-11-43-13-15-45-17-18-46-16-14-44-12-10-35/h5-8,23,28-30,40H,9-22,35H2,1-4H3,(H,36,41)/t28-,29-,30+/m1/s1. The van der Waals surface area contributed by atoms with E-state index in [9.17, 15) is 19.5 Å². The Morgan fingerprint density at radius 1 is 1.00 bits per heavy atom. The molecule has 0 bridgehead atoms. The number of nitrogens with zero attached hydrogens (tertiary/aromatic N) is 2. The number of hydrogen-bond acceptors (Lipinski definition) is 11. The van der Waals surface area contributed by atoms with Gasteiger partial charge in [-0.3, -0.25) is 14.4 Å². The quantitative estimate of drug-likeness (QED) is 0.168. The Labute approximate surface area is 282 Å². The minimum Gasteiger partial charge on any atom is -0.391 e. The van der Waals surface area contributed by atoms with Gasteiger partial charge >= 0.3 is 0 Å². The third-order valence-electron chi connectivity index (χ3n) is 7.97. The molecule has 12 nitrogen and oxygen atoms in total. The molecule has 0 aliphatic carbocycles. The number of ether oxygens (including phenoxy) is 4. The Morgan fingerprint density at radius 3 is 2.15 bits per heavy atom. The Hall–Kier alpha value is -2.78. The predicted molar refractivity (Wildman–Crippen MR) is 180 cm³/mol. The number of aryl methyl sites for hydroxylation is 1. The summed E-state index contributed by atoms with van der Waals surface area (Å²) in [4.78, 5) is 46.9. The van der Waals surface area contributed by atoms with Crippen LogP contribution in [0.15, 0.2) is 29.8 Å². The number of carbonyl (C=O) groups excluding carboxylic acids is 3. The molecule has 1 fully saturated rings. The first kappa shape index (κ1) is 38.7. The number of aromatic nitrogens is 1. The number of aliphatic hydroxyl groups excluding tert-OH is 1. The molecule has 2 amide bonds. The van der Waals surface area contributed by atoms with Gasteiger partial charge in [0.15, 0.2) is 0 Å². The largest absolute Gasteiger partial charge is 0.391 e. The SMILES string of the molecule is Cc1ncsc1-c1ccc(CNC(=O)[C@@H]2C[C@@H](O)CN2C(=O)[C@@H](CC(=O)CCOCCOCCOCCOCCN)C(C)(C)C)cc1. The molecule has 262 valence electrons. The number of hydrogen-bond donors (Lipinski definition) is 3. The minimum atomic E-state index is -0.814. The molecule has 47 heavy (non-hydrogen) atoms. The highest BCUT2D eigenvalue weighted by Gasteiger charge is 2.44. The van der Waals surface area contributed by atoms with E-state index < -0.39 is 23.5 Å². The number of ketones is 1. The van der Waals surface area contributed by atoms with Crippen LogP contribution in [0.5, 0.6) is 0 Å². The van der Waals surface area contributed by atoms with Crippen molar-refractivity contribution in [2.45, 2.75) is 65.6 Å². The average Bonchev–Trinajstić information content (AvgIpc) is 3.65. The van der Waals surface area contributed by atoms with Crippen molar-refractivity contribution < 1.29 is 38.4 Å². The van der Waals surface area contributed by atoms with Gasteiger partial charge in [0.25, 0.3) is 0 Å². The minimum absolute atomic E-state index is 0.0288. The van der Waals surface area contributed by atoms with E-state index in [1.165, 1.54) is 4.90 Å². The number of nitrogens with two attached hydrogens (primary N) is 1. The van der Waals surface area contributed by atoms with Crippen molar-refractivity contribution in [3.63, 3.8) is 0 Å². The van der Waals surface area contributed by atoms with Gasteiger partial charge in [0, 0.05) is 44.8 Å². The van der Waals surface area contributed by atoms with E-state index in [1.54, 1.807) is 11.3 Å². The molecular formula is C34H52N4O8S. The molecule has 0 spiro atoms. The lowest BCUT2D eigenvalue weighted by Crippen LogP contribution is -2.50. The van der Waals surface area contributed by atoms with Crippen molar-refractivity contribution in [1.29, 1.82) is 0 Å². The van der Waals surface area contributed by atoms with Crippen molar-refractivity contribution in [3.05, 3.63) is 41.0 Å². The Morgan fingerprint density at radius 2 is 1.60 bits per heavy atom. The van der Waals surface area contributed by atoms with Crippen LogP contribution < -0.4 is 11.1 Å². The van der Waals surface area contributed by atoms with Crippen LogP contribution in [0.1, 0.15) is 51.3 Å². The molecule has 1 aliphatic rings. The average molecular weight is 677 g/mol. The fraction of sp³-hybridized carbons (Fsp3) is 0.647. The van der Waals surface area contributed by atoms with Crippen molar-refractivity contribution in [2.75, 3.05) is 65.9 Å². The van der Waals surface area contributed by atoms with E-state index >= 15 is 0 Å². The summed E-state index contributed by atoms with van der Waals surface area (Å²) in [6.45, 7) is 11.8. The van der Waals surface area contributed by atoms with Gasteiger partial charge in [-0.05, 0) is 23.5 Å². The maximum Gasteiger partial charge on any atom is 0.243 e. The molecule has 0 radical (unpaired) electrons. The molecule has 1 aliphatic heterocycles. The lowest BCUT2D eigenvalue weighted by molar-refractivity contribution is -0.146. The number of carbonyl (C=O) groups is 3. The molecule has 0 unspecified atom stereocenters. The molecular weight excluding hydrogens is 624 g/mol. The van der Waals surface area contributed by atoms with Crippen LogP contribution in [0.3, 0.4) is 0 Å². The van der Waals surface area contributed by atoms with Crippen LogP contribution in [0, 0.1) is 18.3 Å². The molecule has 3 rings (SSSR count). The second kappa shape index (κ2) is 19.9. The summed E-state index contributed by atoms with van der Waals surface area (Å²) in [5, 5.41) is 13.4. The number of aliphatic hydroxyl groups is 1. The summed E-state index contributed by atoms with van der Waals surface area (Å²) in [6, 6.07) is 7.11. The first-order valence-corrected chi connectivity index (χ1v) is 17.2. The summed E-state index contributed by atoms with van der Waals surface area (Å²) in [7, 11) is 0. The molecule has 2 aromatic rings. The maximum absolute atomic E-state index is 13.8. The van der Waals surface area contributed by atoms with E-state index in [2.05, 4.69) is 10.3 Å². The van der Waals surface area contributed by atoms with Crippen LogP contribution >= 0.6 is 11.3 Å². The van der Waals surface area contributed by atoms with Crippen LogP contribution in [-0.2, 0) is 39.9 Å². The molecule has 1 aromatic heterocycles. The van der Waals surface area contributed by atoms with Gasteiger partial charge in [0.05, 0.1) is 75.0 Å². The number of likely N-dealkylation sites (tertiary alicyclic amines) is 1. The lowest BCUT2D eigenvalue weighted by atomic mass is 9.76. The number of Topliss-reactive ketones (excluding diaryl/α,β-unsaturated/α-hetero) is 1. The number of rotatable bonds is 21. The first-order valence-electron chi connectivity index (χ1n) is 16.3. The second-order valence-electron chi connectivity index (χ2n) is 12.7. The summed E-state index contributed by atoms with van der Waals surface area (Å²) < 4.78 is 21.6.